The first-order chi connectivity index (χ1) is 8.72. The van der Waals surface area contributed by atoms with Gasteiger partial charge in [0, 0.05) is 12.6 Å². The molecule has 1 saturated carbocycles. The van der Waals surface area contributed by atoms with Crippen LogP contribution in [0.1, 0.15) is 32.3 Å². The molecule has 3 nitrogen and oxygen atoms in total. The summed E-state index contributed by atoms with van der Waals surface area (Å²) < 4.78 is 38.4. The second-order valence-electron chi connectivity index (χ2n) is 5.50. The van der Waals surface area contributed by atoms with Crippen LogP contribution in [-0.4, -0.2) is 17.6 Å². The van der Waals surface area contributed by atoms with Crippen molar-refractivity contribution in [2.24, 2.45) is 5.92 Å². The third kappa shape index (κ3) is 3.30. The van der Waals surface area contributed by atoms with Crippen LogP contribution in [0.5, 0.6) is 0 Å². The van der Waals surface area contributed by atoms with Crippen molar-refractivity contribution >= 4 is 11.6 Å². The SMILES string of the molecule is CNc1cc(C(F)(F)F)cc(NC(C)(C)C2CC2)n1. The molecule has 0 radical (unpaired) electrons. The van der Waals surface area contributed by atoms with Gasteiger partial charge in [-0.25, -0.2) is 4.98 Å². The fourth-order valence-corrected chi connectivity index (χ4v) is 2.12. The first-order valence-corrected chi connectivity index (χ1v) is 6.27. The highest BCUT2D eigenvalue weighted by atomic mass is 19.4. The van der Waals surface area contributed by atoms with Crippen LogP contribution in [-0.2, 0) is 6.18 Å². The third-order valence-corrected chi connectivity index (χ3v) is 3.46. The molecule has 106 valence electrons. The Balaban J connectivity index is 2.29. The summed E-state index contributed by atoms with van der Waals surface area (Å²) in [5.41, 5.74) is -0.927. The molecule has 0 atom stereocenters. The maximum atomic E-state index is 12.8. The van der Waals surface area contributed by atoms with E-state index >= 15 is 0 Å². The molecule has 1 aliphatic rings. The lowest BCUT2D eigenvalue weighted by Gasteiger charge is -2.27. The van der Waals surface area contributed by atoms with Crippen LogP contribution < -0.4 is 10.6 Å². The van der Waals surface area contributed by atoms with Gasteiger partial charge in [0.15, 0.2) is 0 Å². The normalized spacial score (nSPS) is 16.3. The van der Waals surface area contributed by atoms with Crippen LogP contribution in [0.25, 0.3) is 0 Å². The molecule has 19 heavy (non-hydrogen) atoms. The molecule has 0 aliphatic heterocycles. The summed E-state index contributed by atoms with van der Waals surface area (Å²) in [6.45, 7) is 3.98. The molecule has 2 N–H and O–H groups in total. The van der Waals surface area contributed by atoms with E-state index in [1.807, 2.05) is 13.8 Å². The van der Waals surface area contributed by atoms with Crippen LogP contribution in [0.2, 0.25) is 0 Å². The summed E-state index contributed by atoms with van der Waals surface area (Å²) in [5.74, 6) is 0.974. The highest BCUT2D eigenvalue weighted by Gasteiger charge is 2.38. The van der Waals surface area contributed by atoms with E-state index in [4.69, 9.17) is 0 Å². The van der Waals surface area contributed by atoms with Gasteiger partial charge in [-0.05, 0) is 44.7 Å². The van der Waals surface area contributed by atoms with E-state index in [0.717, 1.165) is 25.0 Å². The van der Waals surface area contributed by atoms with Crippen LogP contribution in [0.3, 0.4) is 0 Å². The standard InChI is InChI=1S/C13H18F3N3/c1-12(2,8-4-5-8)19-11-7-9(13(14,15)16)6-10(17-3)18-11/h6-8H,4-5H2,1-3H3,(H2,17,18,19). The Bertz CT molecular complexity index is 465. The average Bonchev–Trinajstić information content (AvgIpc) is 3.10. The van der Waals surface area contributed by atoms with Gasteiger partial charge in [0.05, 0.1) is 5.56 Å². The van der Waals surface area contributed by atoms with Crippen LogP contribution in [0.4, 0.5) is 24.8 Å². The molecule has 0 amide bonds. The van der Waals surface area contributed by atoms with Crippen molar-refractivity contribution in [3.8, 4) is 0 Å². The predicted octanol–water partition coefficient (Wildman–Crippen LogP) is 3.74. The summed E-state index contributed by atoms with van der Waals surface area (Å²) in [6.07, 6.45) is -2.15. The van der Waals surface area contributed by atoms with Crippen molar-refractivity contribution in [1.29, 1.82) is 0 Å². The number of halogens is 3. The summed E-state index contributed by atoms with van der Waals surface area (Å²) in [7, 11) is 1.55. The largest absolute Gasteiger partial charge is 0.416 e. The molecule has 1 aromatic rings. The quantitative estimate of drug-likeness (QED) is 0.877. The van der Waals surface area contributed by atoms with Gasteiger partial charge in [0.1, 0.15) is 11.6 Å². The maximum Gasteiger partial charge on any atom is 0.416 e. The first kappa shape index (κ1) is 14.0. The molecule has 1 aromatic heterocycles. The molecule has 0 bridgehead atoms. The molecular weight excluding hydrogens is 255 g/mol. The Morgan fingerprint density at radius 1 is 1.16 bits per heavy atom. The van der Waals surface area contributed by atoms with Crippen molar-refractivity contribution in [2.75, 3.05) is 17.7 Å². The van der Waals surface area contributed by atoms with Gasteiger partial charge in [-0.15, -0.1) is 0 Å². The monoisotopic (exact) mass is 273 g/mol. The van der Waals surface area contributed by atoms with E-state index in [0.29, 0.717) is 5.92 Å². The lowest BCUT2D eigenvalue weighted by Crippen LogP contribution is -2.33. The van der Waals surface area contributed by atoms with Crippen molar-refractivity contribution in [1.82, 2.24) is 4.98 Å². The Morgan fingerprint density at radius 3 is 2.21 bits per heavy atom. The molecule has 0 unspecified atom stereocenters. The fourth-order valence-electron chi connectivity index (χ4n) is 2.12. The number of hydrogen-bond donors (Lipinski definition) is 2. The average molecular weight is 273 g/mol. The van der Waals surface area contributed by atoms with Gasteiger partial charge in [-0.2, -0.15) is 13.2 Å². The second-order valence-corrected chi connectivity index (χ2v) is 5.50. The van der Waals surface area contributed by atoms with Gasteiger partial charge in [-0.1, -0.05) is 0 Å². The van der Waals surface area contributed by atoms with Crippen LogP contribution in [0.15, 0.2) is 12.1 Å². The van der Waals surface area contributed by atoms with Gasteiger partial charge < -0.3 is 10.6 Å². The van der Waals surface area contributed by atoms with Gasteiger partial charge in [0.2, 0.25) is 0 Å². The Morgan fingerprint density at radius 2 is 1.74 bits per heavy atom. The Labute approximate surface area is 110 Å². The molecule has 0 aromatic carbocycles. The van der Waals surface area contributed by atoms with E-state index in [-0.39, 0.29) is 17.2 Å². The van der Waals surface area contributed by atoms with E-state index < -0.39 is 11.7 Å². The zero-order valence-electron chi connectivity index (χ0n) is 11.2. The fraction of sp³-hybridized carbons (Fsp3) is 0.615. The van der Waals surface area contributed by atoms with Crippen LogP contribution >= 0.6 is 0 Å². The zero-order chi connectivity index (χ0) is 14.3. The first-order valence-electron chi connectivity index (χ1n) is 6.27. The van der Waals surface area contributed by atoms with E-state index in [1.165, 1.54) is 0 Å². The molecular formula is C13H18F3N3. The summed E-state index contributed by atoms with van der Waals surface area (Å²) in [6, 6.07) is 2.07. The summed E-state index contributed by atoms with van der Waals surface area (Å²) >= 11 is 0. The number of anilines is 2. The number of hydrogen-bond acceptors (Lipinski definition) is 3. The van der Waals surface area contributed by atoms with Gasteiger partial charge in [0.25, 0.3) is 0 Å². The second kappa shape index (κ2) is 4.58. The number of nitrogens with one attached hydrogen (secondary N) is 2. The number of nitrogens with zero attached hydrogens (tertiary/aromatic N) is 1. The number of alkyl halides is 3. The Hall–Kier alpha value is -1.46. The predicted molar refractivity (Wildman–Crippen MR) is 69.2 cm³/mol. The smallest absolute Gasteiger partial charge is 0.373 e. The molecule has 2 rings (SSSR count). The zero-order valence-corrected chi connectivity index (χ0v) is 11.2. The van der Waals surface area contributed by atoms with Crippen molar-refractivity contribution in [3.63, 3.8) is 0 Å². The topological polar surface area (TPSA) is 37.0 Å². The number of aromatic nitrogens is 1. The van der Waals surface area contributed by atoms with Gasteiger partial charge >= 0.3 is 6.18 Å². The van der Waals surface area contributed by atoms with Crippen LogP contribution in [0, 0.1) is 5.92 Å². The third-order valence-electron chi connectivity index (χ3n) is 3.46. The Kier molecular flexibility index (Phi) is 3.36. The molecule has 0 saturated heterocycles. The highest BCUT2D eigenvalue weighted by molar-refractivity contribution is 5.50. The maximum absolute atomic E-state index is 12.8. The number of rotatable bonds is 4. The molecule has 1 aliphatic carbocycles. The minimum absolute atomic E-state index is 0.212. The molecule has 0 spiro atoms. The van der Waals surface area contributed by atoms with Crippen molar-refractivity contribution in [2.45, 2.75) is 38.4 Å². The minimum Gasteiger partial charge on any atom is -0.373 e. The minimum atomic E-state index is -4.37. The molecule has 1 fully saturated rings. The molecule has 1 heterocycles. The van der Waals surface area contributed by atoms with Crippen molar-refractivity contribution in [3.05, 3.63) is 17.7 Å². The highest BCUT2D eigenvalue weighted by Crippen LogP contribution is 2.41. The lowest BCUT2D eigenvalue weighted by atomic mass is 9.99. The van der Waals surface area contributed by atoms with E-state index in [2.05, 4.69) is 15.6 Å². The summed E-state index contributed by atoms with van der Waals surface area (Å²) in [5, 5.41) is 5.78. The lowest BCUT2D eigenvalue weighted by molar-refractivity contribution is -0.137. The van der Waals surface area contributed by atoms with E-state index in [1.54, 1.807) is 7.05 Å². The molecule has 6 heteroatoms. The van der Waals surface area contributed by atoms with Crippen molar-refractivity contribution < 1.29 is 13.2 Å². The summed E-state index contributed by atoms with van der Waals surface area (Å²) in [4.78, 5) is 4.14. The van der Waals surface area contributed by atoms with Gasteiger partial charge in [-0.3, -0.25) is 0 Å². The number of pyridine rings is 1. The van der Waals surface area contributed by atoms with E-state index in [9.17, 15) is 13.2 Å².